The number of aromatic nitrogens is 2. The minimum absolute atomic E-state index is 0.141. The first-order valence-electron chi connectivity index (χ1n) is 21.4. The first-order valence-corrected chi connectivity index (χ1v) is 21.4. The van der Waals surface area contributed by atoms with Gasteiger partial charge in [-0.25, -0.2) is 0 Å². The van der Waals surface area contributed by atoms with Gasteiger partial charge in [0.25, 0.3) is 0 Å². The van der Waals surface area contributed by atoms with Crippen molar-refractivity contribution in [3.05, 3.63) is 204 Å². The van der Waals surface area contributed by atoms with Crippen LogP contribution in [-0.4, -0.2) is 9.13 Å². The molecule has 60 heavy (non-hydrogen) atoms. The topological polar surface area (TPSA) is 9.86 Å². The number of benzene rings is 9. The second kappa shape index (κ2) is 13.2. The molecular formula is C58H44N2. The van der Waals surface area contributed by atoms with Crippen LogP contribution in [0, 0.1) is 0 Å². The van der Waals surface area contributed by atoms with Crippen LogP contribution in [0.25, 0.3) is 99.8 Å². The Morgan fingerprint density at radius 1 is 0.433 bits per heavy atom. The van der Waals surface area contributed by atoms with E-state index >= 15 is 0 Å². The van der Waals surface area contributed by atoms with E-state index in [4.69, 9.17) is 0 Å². The first kappa shape index (κ1) is 34.8. The Morgan fingerprint density at radius 3 is 1.52 bits per heavy atom. The maximum Gasteiger partial charge on any atom is 0.0541 e. The van der Waals surface area contributed by atoms with E-state index in [0.717, 1.165) is 12.8 Å². The number of para-hydroxylation sites is 4. The van der Waals surface area contributed by atoms with Gasteiger partial charge in [0.1, 0.15) is 0 Å². The average Bonchev–Trinajstić information content (AvgIpc) is 3.88. The summed E-state index contributed by atoms with van der Waals surface area (Å²) in [5.74, 6) is 0. The van der Waals surface area contributed by atoms with Crippen LogP contribution in [0.4, 0.5) is 0 Å². The zero-order valence-corrected chi connectivity index (χ0v) is 34.2. The number of rotatable bonds is 6. The van der Waals surface area contributed by atoms with Crippen LogP contribution in [0.5, 0.6) is 0 Å². The fourth-order valence-electron chi connectivity index (χ4n) is 10.5. The van der Waals surface area contributed by atoms with Crippen LogP contribution >= 0.6 is 0 Å². The molecule has 0 spiro atoms. The van der Waals surface area contributed by atoms with Gasteiger partial charge in [-0.3, -0.25) is 0 Å². The molecule has 2 aromatic heterocycles. The van der Waals surface area contributed by atoms with E-state index in [2.05, 4.69) is 218 Å². The minimum atomic E-state index is -0.141. The van der Waals surface area contributed by atoms with Crippen molar-refractivity contribution in [3.63, 3.8) is 0 Å². The molecule has 0 radical (unpaired) electrons. The van der Waals surface area contributed by atoms with E-state index in [0.29, 0.717) is 0 Å². The van der Waals surface area contributed by atoms with E-state index < -0.39 is 0 Å². The number of hydrogen-bond donors (Lipinski definition) is 0. The normalized spacial score (nSPS) is 13.4. The van der Waals surface area contributed by atoms with E-state index in [1.54, 1.807) is 0 Å². The zero-order valence-electron chi connectivity index (χ0n) is 34.2. The molecule has 0 unspecified atom stereocenters. The Kier molecular flexibility index (Phi) is 7.65. The second-order valence-corrected chi connectivity index (χ2v) is 17.2. The highest BCUT2D eigenvalue weighted by Gasteiger charge is 2.36. The molecule has 0 fully saturated rings. The zero-order chi connectivity index (χ0) is 40.1. The molecule has 0 saturated carbocycles. The van der Waals surface area contributed by atoms with Crippen LogP contribution in [0.2, 0.25) is 0 Å². The third-order valence-corrected chi connectivity index (χ3v) is 13.4. The fourth-order valence-corrected chi connectivity index (χ4v) is 10.5. The Hall–Kier alpha value is -7.16. The molecule has 286 valence electrons. The number of nitrogens with zero attached hydrogens (tertiary/aromatic N) is 2. The Morgan fingerprint density at radius 2 is 0.933 bits per heavy atom. The molecule has 0 amide bonds. The number of fused-ring (bicyclic) bond motifs is 12. The van der Waals surface area contributed by atoms with E-state index in [9.17, 15) is 0 Å². The van der Waals surface area contributed by atoms with Crippen molar-refractivity contribution in [1.29, 1.82) is 0 Å². The highest BCUT2D eigenvalue weighted by atomic mass is 15.0. The summed E-state index contributed by atoms with van der Waals surface area (Å²) in [7, 11) is 0. The predicted octanol–water partition coefficient (Wildman–Crippen LogP) is 15.6. The minimum Gasteiger partial charge on any atom is -0.309 e. The Labute approximate surface area is 350 Å². The number of hydrogen-bond acceptors (Lipinski definition) is 0. The summed E-state index contributed by atoms with van der Waals surface area (Å²) >= 11 is 0. The van der Waals surface area contributed by atoms with Crippen LogP contribution in [0.15, 0.2) is 176 Å². The predicted molar refractivity (Wildman–Crippen MR) is 257 cm³/mol. The van der Waals surface area contributed by atoms with Crippen LogP contribution in [-0.2, 0) is 11.8 Å². The van der Waals surface area contributed by atoms with Gasteiger partial charge >= 0.3 is 0 Å². The van der Waals surface area contributed by atoms with Crippen molar-refractivity contribution in [2.75, 3.05) is 0 Å². The molecule has 1 aliphatic rings. The SMILES string of the molecule is CCCc1cc2c(cc1C=Cc1ccc3c(ccc4cc(-n5c6ccccc6c6ccccc65)ccc43)c1)C(C)(C)c1cc(-n3c4ccccc4c4ccccc43)ccc1-2. The summed E-state index contributed by atoms with van der Waals surface area (Å²) in [6.45, 7) is 7.09. The third kappa shape index (κ3) is 5.13. The molecule has 2 heterocycles. The van der Waals surface area contributed by atoms with E-state index in [1.807, 2.05) is 0 Å². The van der Waals surface area contributed by atoms with Crippen molar-refractivity contribution in [2.45, 2.75) is 39.0 Å². The first-order chi connectivity index (χ1) is 29.5. The van der Waals surface area contributed by atoms with Gasteiger partial charge in [0.05, 0.1) is 22.1 Å². The summed E-state index contributed by atoms with van der Waals surface area (Å²) in [5, 5.41) is 10.2. The molecular weight excluding hydrogens is 725 g/mol. The maximum atomic E-state index is 2.49. The Bertz CT molecular complexity index is 3480. The van der Waals surface area contributed by atoms with Gasteiger partial charge in [0, 0.05) is 38.3 Å². The molecule has 12 rings (SSSR count). The molecule has 0 aliphatic heterocycles. The van der Waals surface area contributed by atoms with Crippen LogP contribution < -0.4 is 0 Å². The molecule has 2 nitrogen and oxygen atoms in total. The maximum absolute atomic E-state index is 2.49. The van der Waals surface area contributed by atoms with E-state index in [1.165, 1.54) is 115 Å². The molecule has 11 aromatic rings. The molecule has 0 bridgehead atoms. The average molecular weight is 769 g/mol. The molecule has 0 N–H and O–H groups in total. The van der Waals surface area contributed by atoms with Gasteiger partial charge in [-0.05, 0) is 128 Å². The van der Waals surface area contributed by atoms with Crippen molar-refractivity contribution < 1.29 is 0 Å². The van der Waals surface area contributed by atoms with Crippen LogP contribution in [0.1, 0.15) is 55.0 Å². The molecule has 9 aromatic carbocycles. The van der Waals surface area contributed by atoms with Gasteiger partial charge in [-0.2, -0.15) is 0 Å². The number of aryl methyl sites for hydroxylation is 1. The highest BCUT2D eigenvalue weighted by molar-refractivity contribution is 6.12. The molecule has 2 heteroatoms. The summed E-state index contributed by atoms with van der Waals surface area (Å²) in [6.07, 6.45) is 6.81. The smallest absolute Gasteiger partial charge is 0.0541 e. The monoisotopic (exact) mass is 768 g/mol. The molecule has 1 aliphatic carbocycles. The Balaban J connectivity index is 0.895. The quantitative estimate of drug-likeness (QED) is 0.118. The van der Waals surface area contributed by atoms with Gasteiger partial charge in [-0.1, -0.05) is 155 Å². The molecule has 0 saturated heterocycles. The summed E-state index contributed by atoms with van der Waals surface area (Å²) in [4.78, 5) is 0. The second-order valence-electron chi connectivity index (χ2n) is 17.2. The van der Waals surface area contributed by atoms with Crippen molar-refractivity contribution in [1.82, 2.24) is 9.13 Å². The summed E-state index contributed by atoms with van der Waals surface area (Å²) in [6, 6.07) is 65.6. The van der Waals surface area contributed by atoms with Crippen molar-refractivity contribution in [2.24, 2.45) is 0 Å². The lowest BCUT2D eigenvalue weighted by Crippen LogP contribution is -2.16. The summed E-state index contributed by atoms with van der Waals surface area (Å²) in [5.41, 5.74) is 16.7. The van der Waals surface area contributed by atoms with Gasteiger partial charge in [0.15, 0.2) is 0 Å². The standard InChI is InChI=1S/C58H44N2/c1-4-13-38-34-51-46-31-28-43(60-56-20-11-7-16-49(56)50-17-8-12-21-57(50)60)36-53(46)58(2,3)52(51)35-39(38)24-22-37-23-29-44-40(32-37)25-26-41-33-42(27-30-45(41)44)59-54-18-9-5-14-47(54)48-15-6-10-19-55(48)59/h5-12,14-36H,4,13H2,1-3H3. The van der Waals surface area contributed by atoms with Gasteiger partial charge in [-0.15, -0.1) is 0 Å². The van der Waals surface area contributed by atoms with E-state index in [-0.39, 0.29) is 5.41 Å². The lowest BCUT2D eigenvalue weighted by atomic mass is 9.81. The fraction of sp³-hybridized carbons (Fsp3) is 0.103. The van der Waals surface area contributed by atoms with Crippen molar-refractivity contribution in [3.8, 4) is 22.5 Å². The lowest BCUT2D eigenvalue weighted by Gasteiger charge is -2.23. The molecule has 0 atom stereocenters. The van der Waals surface area contributed by atoms with Crippen molar-refractivity contribution >= 4 is 77.3 Å². The summed E-state index contributed by atoms with van der Waals surface area (Å²) < 4.78 is 4.84. The highest BCUT2D eigenvalue weighted by Crippen LogP contribution is 2.51. The van der Waals surface area contributed by atoms with Gasteiger partial charge < -0.3 is 9.13 Å². The third-order valence-electron chi connectivity index (χ3n) is 13.4. The lowest BCUT2D eigenvalue weighted by molar-refractivity contribution is 0.659. The largest absolute Gasteiger partial charge is 0.309 e. The van der Waals surface area contributed by atoms with Crippen LogP contribution in [0.3, 0.4) is 0 Å². The van der Waals surface area contributed by atoms with Gasteiger partial charge in [0.2, 0.25) is 0 Å².